The number of aryl methyl sites for hydroxylation is 1. The maximum absolute atomic E-state index is 14.1. The molecule has 0 spiro atoms. The van der Waals surface area contributed by atoms with Crippen LogP contribution in [0.2, 0.25) is 5.02 Å². The summed E-state index contributed by atoms with van der Waals surface area (Å²) in [7, 11) is 0. The van der Waals surface area contributed by atoms with Gasteiger partial charge < -0.3 is 5.11 Å². The number of rotatable bonds is 1. The zero-order valence-corrected chi connectivity index (χ0v) is 11.3. The molecular weight excluding hydrogens is 279 g/mol. The van der Waals surface area contributed by atoms with Crippen LogP contribution in [0.3, 0.4) is 0 Å². The summed E-state index contributed by atoms with van der Waals surface area (Å²) in [6.45, 7) is 1.85. The minimum absolute atomic E-state index is 0.0767. The van der Waals surface area contributed by atoms with E-state index in [1.807, 2.05) is 31.2 Å². The molecule has 0 saturated carbocycles. The van der Waals surface area contributed by atoms with Gasteiger partial charge in [-0.1, -0.05) is 35.9 Å². The molecule has 3 rings (SSSR count). The number of halogens is 2. The van der Waals surface area contributed by atoms with Crippen LogP contribution in [-0.2, 0) is 0 Å². The highest BCUT2D eigenvalue weighted by Crippen LogP contribution is 2.34. The van der Waals surface area contributed by atoms with E-state index in [0.717, 1.165) is 22.5 Å². The molecule has 3 nitrogen and oxygen atoms in total. The van der Waals surface area contributed by atoms with Crippen LogP contribution >= 0.6 is 11.6 Å². The number of hydrogen-bond acceptors (Lipinski definition) is 3. The molecule has 1 heterocycles. The molecular formula is C15H10ClFN2O. The minimum atomic E-state index is -0.588. The number of nitrogens with zero attached hydrogens (tertiary/aromatic N) is 2. The van der Waals surface area contributed by atoms with Crippen LogP contribution in [0.5, 0.6) is 5.75 Å². The Morgan fingerprint density at radius 2 is 1.80 bits per heavy atom. The van der Waals surface area contributed by atoms with Crippen molar-refractivity contribution in [3.05, 3.63) is 52.9 Å². The highest BCUT2D eigenvalue weighted by atomic mass is 35.5. The molecule has 1 N–H and O–H groups in total. The zero-order valence-electron chi connectivity index (χ0n) is 10.6. The van der Waals surface area contributed by atoms with Crippen molar-refractivity contribution >= 4 is 22.4 Å². The second-order valence-corrected chi connectivity index (χ2v) is 4.87. The van der Waals surface area contributed by atoms with Crippen LogP contribution in [0.1, 0.15) is 5.69 Å². The van der Waals surface area contributed by atoms with E-state index in [9.17, 15) is 9.50 Å². The Labute approximate surface area is 119 Å². The summed E-state index contributed by atoms with van der Waals surface area (Å²) < 4.78 is 14.1. The first-order valence-electron chi connectivity index (χ1n) is 5.98. The number of aromatic nitrogens is 2. The van der Waals surface area contributed by atoms with Gasteiger partial charge in [0.2, 0.25) is 0 Å². The number of phenolic OH excluding ortho intramolecular Hbond substituents is 1. The largest absolute Gasteiger partial charge is 0.506 e. The van der Waals surface area contributed by atoms with Gasteiger partial charge >= 0.3 is 0 Å². The fourth-order valence-electron chi connectivity index (χ4n) is 2.15. The van der Waals surface area contributed by atoms with E-state index in [0.29, 0.717) is 5.69 Å². The molecule has 0 radical (unpaired) electrons. The Balaban J connectivity index is 2.36. The average Bonchev–Trinajstić information content (AvgIpc) is 2.44. The van der Waals surface area contributed by atoms with E-state index in [4.69, 9.17) is 11.6 Å². The molecule has 100 valence electrons. The van der Waals surface area contributed by atoms with Crippen molar-refractivity contribution in [3.8, 4) is 17.0 Å². The van der Waals surface area contributed by atoms with Crippen molar-refractivity contribution in [1.29, 1.82) is 0 Å². The first-order valence-corrected chi connectivity index (χ1v) is 6.36. The van der Waals surface area contributed by atoms with Gasteiger partial charge in [-0.05, 0) is 13.0 Å². The molecule has 0 saturated heterocycles. The lowest BCUT2D eigenvalue weighted by molar-refractivity contribution is 0.469. The second-order valence-electron chi connectivity index (χ2n) is 4.46. The molecule has 2 aromatic carbocycles. The van der Waals surface area contributed by atoms with Crippen molar-refractivity contribution in [2.24, 2.45) is 0 Å². The Morgan fingerprint density at radius 1 is 1.10 bits per heavy atom. The summed E-state index contributed by atoms with van der Waals surface area (Å²) in [4.78, 5) is 0. The average molecular weight is 289 g/mol. The third kappa shape index (κ3) is 1.98. The van der Waals surface area contributed by atoms with Crippen molar-refractivity contribution in [3.63, 3.8) is 0 Å². The van der Waals surface area contributed by atoms with Gasteiger partial charge in [0.25, 0.3) is 0 Å². The number of phenols is 1. The highest BCUT2D eigenvalue weighted by molar-refractivity contribution is 6.32. The van der Waals surface area contributed by atoms with Crippen LogP contribution in [0.25, 0.3) is 22.0 Å². The third-order valence-corrected chi connectivity index (χ3v) is 3.47. The number of aromatic hydroxyl groups is 1. The Hall–Kier alpha value is -2.20. The zero-order chi connectivity index (χ0) is 14.3. The molecule has 5 heteroatoms. The lowest BCUT2D eigenvalue weighted by atomic mass is 10.0. The maximum Gasteiger partial charge on any atom is 0.137 e. The normalized spacial score (nSPS) is 10.9. The van der Waals surface area contributed by atoms with Gasteiger partial charge in [0.05, 0.1) is 10.7 Å². The highest BCUT2D eigenvalue weighted by Gasteiger charge is 2.15. The SMILES string of the molecule is Cc1nnc(-c2cc(Cl)c(O)cc2F)c2ccccc12. The Bertz CT molecular complexity index is 820. The van der Waals surface area contributed by atoms with Gasteiger partial charge in [-0.2, -0.15) is 5.10 Å². The van der Waals surface area contributed by atoms with Crippen LogP contribution in [0.4, 0.5) is 4.39 Å². The minimum Gasteiger partial charge on any atom is -0.506 e. The fourth-order valence-corrected chi connectivity index (χ4v) is 2.32. The van der Waals surface area contributed by atoms with E-state index in [1.54, 1.807) is 0 Å². The van der Waals surface area contributed by atoms with Gasteiger partial charge in [0, 0.05) is 22.4 Å². The second kappa shape index (κ2) is 4.72. The van der Waals surface area contributed by atoms with E-state index in [2.05, 4.69) is 10.2 Å². The summed E-state index contributed by atoms with van der Waals surface area (Å²) in [6, 6.07) is 9.84. The first kappa shape index (κ1) is 12.8. The summed E-state index contributed by atoms with van der Waals surface area (Å²) in [5.74, 6) is -0.882. The summed E-state index contributed by atoms with van der Waals surface area (Å²) in [5.41, 5.74) is 1.40. The van der Waals surface area contributed by atoms with Gasteiger partial charge in [0.15, 0.2) is 0 Å². The fraction of sp³-hybridized carbons (Fsp3) is 0.0667. The summed E-state index contributed by atoms with van der Waals surface area (Å²) >= 11 is 5.85. The molecule has 0 bridgehead atoms. The maximum atomic E-state index is 14.1. The first-order chi connectivity index (χ1) is 9.58. The lowest BCUT2D eigenvalue weighted by Crippen LogP contribution is -1.96. The molecule has 20 heavy (non-hydrogen) atoms. The van der Waals surface area contributed by atoms with E-state index in [1.165, 1.54) is 6.07 Å². The van der Waals surface area contributed by atoms with Crippen molar-refractivity contribution < 1.29 is 9.50 Å². The number of benzene rings is 2. The molecule has 0 aliphatic heterocycles. The topological polar surface area (TPSA) is 46.0 Å². The van der Waals surface area contributed by atoms with E-state index >= 15 is 0 Å². The molecule has 0 aliphatic rings. The molecule has 0 fully saturated rings. The van der Waals surface area contributed by atoms with E-state index < -0.39 is 5.82 Å². The molecule has 0 amide bonds. The predicted molar refractivity (Wildman–Crippen MR) is 76.3 cm³/mol. The standard InChI is InChI=1S/C15H10ClFN2O/c1-8-9-4-2-3-5-10(9)15(19-18-8)11-6-12(16)14(20)7-13(11)17/h2-7,20H,1H3. The van der Waals surface area contributed by atoms with Crippen molar-refractivity contribution in [1.82, 2.24) is 10.2 Å². The molecule has 1 aromatic heterocycles. The number of fused-ring (bicyclic) bond motifs is 1. The molecule has 3 aromatic rings. The molecule has 0 atom stereocenters. The quantitative estimate of drug-likeness (QED) is 0.733. The Morgan fingerprint density at radius 3 is 2.55 bits per heavy atom. The lowest BCUT2D eigenvalue weighted by Gasteiger charge is -2.09. The smallest absolute Gasteiger partial charge is 0.137 e. The van der Waals surface area contributed by atoms with Crippen molar-refractivity contribution in [2.45, 2.75) is 6.92 Å². The van der Waals surface area contributed by atoms with Crippen LogP contribution in [-0.4, -0.2) is 15.3 Å². The van der Waals surface area contributed by atoms with Gasteiger partial charge in [-0.15, -0.1) is 5.10 Å². The summed E-state index contributed by atoms with van der Waals surface area (Å²) in [5, 5.41) is 19.3. The van der Waals surface area contributed by atoms with E-state index in [-0.39, 0.29) is 16.3 Å². The number of hydrogen-bond donors (Lipinski definition) is 1. The summed E-state index contributed by atoms with van der Waals surface area (Å²) in [6.07, 6.45) is 0. The van der Waals surface area contributed by atoms with Crippen LogP contribution in [0, 0.1) is 12.7 Å². The predicted octanol–water partition coefficient (Wildman–Crippen LogP) is 4.10. The molecule has 0 unspecified atom stereocenters. The third-order valence-electron chi connectivity index (χ3n) is 3.16. The van der Waals surface area contributed by atoms with Crippen LogP contribution in [0.15, 0.2) is 36.4 Å². The van der Waals surface area contributed by atoms with Crippen LogP contribution < -0.4 is 0 Å². The van der Waals surface area contributed by atoms with Gasteiger partial charge in [-0.25, -0.2) is 4.39 Å². The van der Waals surface area contributed by atoms with Crippen molar-refractivity contribution in [2.75, 3.05) is 0 Å². The monoisotopic (exact) mass is 288 g/mol. The van der Waals surface area contributed by atoms with Gasteiger partial charge in [-0.3, -0.25) is 0 Å². The molecule has 0 aliphatic carbocycles. The Kier molecular flexibility index (Phi) is 3.03. The van der Waals surface area contributed by atoms with Gasteiger partial charge in [0.1, 0.15) is 17.3 Å².